The zero-order valence-corrected chi connectivity index (χ0v) is 21.4. The van der Waals surface area contributed by atoms with E-state index in [0.717, 1.165) is 21.3 Å². The minimum Gasteiger partial charge on any atom is -0.465 e. The van der Waals surface area contributed by atoms with Crippen LogP contribution in [0.25, 0.3) is 10.2 Å². The van der Waals surface area contributed by atoms with Crippen molar-refractivity contribution in [1.82, 2.24) is 8.87 Å². The first-order chi connectivity index (χ1) is 16.7. The zero-order valence-electron chi connectivity index (χ0n) is 19.8. The van der Waals surface area contributed by atoms with Gasteiger partial charge in [-0.1, -0.05) is 11.3 Å². The van der Waals surface area contributed by atoms with Crippen LogP contribution in [-0.4, -0.2) is 62.1 Å². The summed E-state index contributed by atoms with van der Waals surface area (Å²) in [5, 5.41) is 0. The van der Waals surface area contributed by atoms with Gasteiger partial charge in [0.15, 0.2) is 4.80 Å². The summed E-state index contributed by atoms with van der Waals surface area (Å²) in [6, 6.07) is 9.71. The monoisotopic (exact) mass is 517 g/mol. The SMILES string of the molecule is CCOC(=O)Cn1c(=NC(=O)c2ccc(S(=O)(=O)N3CCOCC3)cc2)sc2cc(C)c(C)cc21. The number of fused-ring (bicyclic) bond motifs is 1. The van der Waals surface area contributed by atoms with Crippen LogP contribution in [0.2, 0.25) is 0 Å². The third-order valence-electron chi connectivity index (χ3n) is 5.80. The Morgan fingerprint density at radius 2 is 1.74 bits per heavy atom. The zero-order chi connectivity index (χ0) is 25.2. The maximum absolute atomic E-state index is 13.0. The normalized spacial score (nSPS) is 15.5. The van der Waals surface area contributed by atoms with E-state index in [0.29, 0.717) is 31.1 Å². The molecule has 35 heavy (non-hydrogen) atoms. The molecular weight excluding hydrogens is 490 g/mol. The molecule has 11 heteroatoms. The van der Waals surface area contributed by atoms with Gasteiger partial charge in [-0.25, -0.2) is 8.42 Å². The molecule has 1 aromatic heterocycles. The number of benzene rings is 2. The highest BCUT2D eigenvalue weighted by Gasteiger charge is 2.26. The van der Waals surface area contributed by atoms with Crippen LogP contribution >= 0.6 is 11.3 Å². The highest BCUT2D eigenvalue weighted by Crippen LogP contribution is 2.23. The average Bonchev–Trinajstić information content (AvgIpc) is 3.15. The summed E-state index contributed by atoms with van der Waals surface area (Å²) in [6.07, 6.45) is 0. The molecule has 2 heterocycles. The third kappa shape index (κ3) is 5.37. The number of esters is 1. The Morgan fingerprint density at radius 3 is 2.40 bits per heavy atom. The van der Waals surface area contributed by atoms with Crippen molar-refractivity contribution in [3.05, 3.63) is 57.9 Å². The summed E-state index contributed by atoms with van der Waals surface area (Å²) in [5.74, 6) is -0.949. The van der Waals surface area contributed by atoms with Crippen molar-refractivity contribution in [1.29, 1.82) is 0 Å². The van der Waals surface area contributed by atoms with Gasteiger partial charge in [-0.15, -0.1) is 0 Å². The number of aryl methyl sites for hydroxylation is 2. The number of amides is 1. The van der Waals surface area contributed by atoms with E-state index in [1.807, 2.05) is 26.0 Å². The molecule has 1 fully saturated rings. The maximum Gasteiger partial charge on any atom is 0.326 e. The van der Waals surface area contributed by atoms with Crippen LogP contribution in [0.1, 0.15) is 28.4 Å². The molecule has 2 aromatic carbocycles. The van der Waals surface area contributed by atoms with Crippen molar-refractivity contribution in [3.8, 4) is 0 Å². The second-order valence-corrected chi connectivity index (χ2v) is 11.1. The first kappa shape index (κ1) is 25.2. The van der Waals surface area contributed by atoms with Crippen LogP contribution in [0.15, 0.2) is 46.3 Å². The molecule has 0 aliphatic carbocycles. The number of ether oxygens (including phenoxy) is 2. The molecule has 0 atom stereocenters. The second-order valence-electron chi connectivity index (χ2n) is 8.14. The van der Waals surface area contributed by atoms with Crippen molar-refractivity contribution in [2.75, 3.05) is 32.9 Å². The molecule has 0 saturated carbocycles. The molecule has 1 saturated heterocycles. The Balaban J connectivity index is 1.68. The van der Waals surface area contributed by atoms with Gasteiger partial charge >= 0.3 is 5.97 Å². The fourth-order valence-corrected chi connectivity index (χ4v) is 6.27. The molecule has 1 aliphatic rings. The second kappa shape index (κ2) is 10.4. The molecule has 9 nitrogen and oxygen atoms in total. The van der Waals surface area contributed by atoms with Gasteiger partial charge in [-0.2, -0.15) is 9.30 Å². The summed E-state index contributed by atoms with van der Waals surface area (Å²) < 4.78 is 39.9. The van der Waals surface area contributed by atoms with E-state index in [4.69, 9.17) is 9.47 Å². The molecule has 186 valence electrons. The first-order valence-corrected chi connectivity index (χ1v) is 13.5. The van der Waals surface area contributed by atoms with Gasteiger partial charge in [0.2, 0.25) is 10.0 Å². The number of hydrogen-bond donors (Lipinski definition) is 0. The van der Waals surface area contributed by atoms with Gasteiger partial charge < -0.3 is 14.0 Å². The number of rotatable bonds is 6. The van der Waals surface area contributed by atoms with Crippen molar-refractivity contribution < 1.29 is 27.5 Å². The number of carbonyl (C=O) groups excluding carboxylic acids is 2. The van der Waals surface area contributed by atoms with Gasteiger partial charge in [0.1, 0.15) is 6.54 Å². The number of carbonyl (C=O) groups is 2. The molecule has 0 spiro atoms. The van der Waals surface area contributed by atoms with E-state index in [9.17, 15) is 18.0 Å². The van der Waals surface area contributed by atoms with E-state index in [1.54, 1.807) is 11.5 Å². The van der Waals surface area contributed by atoms with Gasteiger partial charge in [0.25, 0.3) is 5.91 Å². The van der Waals surface area contributed by atoms with Crippen LogP contribution in [0.5, 0.6) is 0 Å². The Morgan fingerprint density at radius 1 is 1.09 bits per heavy atom. The van der Waals surface area contributed by atoms with E-state index in [-0.39, 0.29) is 23.6 Å². The molecule has 0 radical (unpaired) electrons. The molecule has 1 aliphatic heterocycles. The van der Waals surface area contributed by atoms with Crippen molar-refractivity contribution in [2.24, 2.45) is 4.99 Å². The average molecular weight is 518 g/mol. The summed E-state index contributed by atoms with van der Waals surface area (Å²) in [5.41, 5.74) is 3.20. The minimum atomic E-state index is -3.66. The molecule has 0 unspecified atom stereocenters. The number of hydrogen-bond acceptors (Lipinski definition) is 7. The molecule has 0 N–H and O–H groups in total. The van der Waals surface area contributed by atoms with E-state index in [1.165, 1.54) is 39.9 Å². The largest absolute Gasteiger partial charge is 0.465 e. The Kier molecular flexibility index (Phi) is 7.50. The predicted octanol–water partition coefficient (Wildman–Crippen LogP) is 2.64. The Bertz CT molecular complexity index is 1430. The maximum atomic E-state index is 13.0. The number of aromatic nitrogens is 1. The van der Waals surface area contributed by atoms with Crippen LogP contribution in [-0.2, 0) is 30.8 Å². The lowest BCUT2D eigenvalue weighted by molar-refractivity contribution is -0.143. The van der Waals surface area contributed by atoms with Crippen LogP contribution in [0.4, 0.5) is 0 Å². The predicted molar refractivity (Wildman–Crippen MR) is 132 cm³/mol. The fourth-order valence-electron chi connectivity index (χ4n) is 3.75. The number of morpholine rings is 1. The smallest absolute Gasteiger partial charge is 0.326 e. The molecule has 3 aromatic rings. The van der Waals surface area contributed by atoms with Crippen molar-refractivity contribution >= 4 is 43.5 Å². The first-order valence-electron chi connectivity index (χ1n) is 11.2. The number of thiazole rings is 1. The topological polar surface area (TPSA) is 107 Å². The van der Waals surface area contributed by atoms with Crippen molar-refractivity contribution in [3.63, 3.8) is 0 Å². The molecule has 1 amide bonds. The van der Waals surface area contributed by atoms with E-state index >= 15 is 0 Å². The summed E-state index contributed by atoms with van der Waals surface area (Å²) >= 11 is 1.31. The lowest BCUT2D eigenvalue weighted by Crippen LogP contribution is -2.40. The van der Waals surface area contributed by atoms with E-state index < -0.39 is 21.9 Å². The fraction of sp³-hybridized carbons (Fsp3) is 0.375. The van der Waals surface area contributed by atoms with Crippen molar-refractivity contribution in [2.45, 2.75) is 32.2 Å². The highest BCUT2D eigenvalue weighted by atomic mass is 32.2. The standard InChI is InChI=1S/C24H27N3O6S2/c1-4-33-22(28)15-27-20-13-16(2)17(3)14-21(20)34-24(27)25-23(29)18-5-7-19(8-6-18)35(30,31)26-9-11-32-12-10-26/h5-8,13-14H,4,9-12,15H2,1-3H3. The van der Waals surface area contributed by atoms with Gasteiger partial charge in [-0.05, 0) is 68.3 Å². The third-order valence-corrected chi connectivity index (χ3v) is 8.75. The summed E-state index contributed by atoms with van der Waals surface area (Å²) in [7, 11) is -3.66. The van der Waals surface area contributed by atoms with E-state index in [2.05, 4.69) is 4.99 Å². The molecule has 0 bridgehead atoms. The van der Waals surface area contributed by atoms with Gasteiger partial charge in [0.05, 0.1) is 34.9 Å². The lowest BCUT2D eigenvalue weighted by Gasteiger charge is -2.26. The van der Waals surface area contributed by atoms with Gasteiger partial charge in [-0.3, -0.25) is 9.59 Å². The highest BCUT2D eigenvalue weighted by molar-refractivity contribution is 7.89. The van der Waals surface area contributed by atoms with Crippen LogP contribution < -0.4 is 4.80 Å². The summed E-state index contributed by atoms with van der Waals surface area (Å²) in [4.78, 5) is 30.0. The minimum absolute atomic E-state index is 0.0703. The molecular formula is C24H27N3O6S2. The number of nitrogens with zero attached hydrogens (tertiary/aromatic N) is 3. The quantitative estimate of drug-likeness (QED) is 0.466. The van der Waals surface area contributed by atoms with Crippen LogP contribution in [0, 0.1) is 13.8 Å². The number of sulfonamides is 1. The van der Waals surface area contributed by atoms with Gasteiger partial charge in [0, 0.05) is 18.7 Å². The summed E-state index contributed by atoms with van der Waals surface area (Å²) in [6.45, 7) is 7.20. The molecule has 4 rings (SSSR count). The Labute approximate surface area is 207 Å². The Hall–Kier alpha value is -2.86. The lowest BCUT2D eigenvalue weighted by atomic mass is 10.1. The van der Waals surface area contributed by atoms with Crippen LogP contribution in [0.3, 0.4) is 0 Å².